The highest BCUT2D eigenvalue weighted by atomic mass is 32.2. The van der Waals surface area contributed by atoms with Crippen LogP contribution in [-0.2, 0) is 26.2 Å². The Hall–Kier alpha value is -3.27. The van der Waals surface area contributed by atoms with E-state index in [2.05, 4.69) is 5.32 Å². The number of benzene rings is 2. The molecular formula is C26H34FN3O5S. The highest BCUT2D eigenvalue weighted by Crippen LogP contribution is 2.21. The van der Waals surface area contributed by atoms with Gasteiger partial charge in [0.1, 0.15) is 18.4 Å². The van der Waals surface area contributed by atoms with Gasteiger partial charge in [-0.25, -0.2) is 12.8 Å². The zero-order valence-corrected chi connectivity index (χ0v) is 22.0. The van der Waals surface area contributed by atoms with Crippen molar-refractivity contribution in [1.82, 2.24) is 10.2 Å². The number of nitrogens with one attached hydrogen (secondary N) is 1. The molecule has 0 aliphatic carbocycles. The van der Waals surface area contributed by atoms with Crippen LogP contribution < -0.4 is 9.62 Å². The summed E-state index contributed by atoms with van der Waals surface area (Å²) < 4.78 is 39.7. The second-order valence-electron chi connectivity index (χ2n) is 8.59. The number of carbonyl (C=O) groups excluding carboxylic acids is 3. The summed E-state index contributed by atoms with van der Waals surface area (Å²) in [6, 6.07) is 10.7. The molecule has 8 nitrogen and oxygen atoms in total. The number of hydrogen-bond donors (Lipinski definition) is 1. The molecule has 196 valence electrons. The molecule has 2 aromatic rings. The number of carbonyl (C=O) groups is 3. The van der Waals surface area contributed by atoms with Gasteiger partial charge in [0, 0.05) is 18.7 Å². The lowest BCUT2D eigenvalue weighted by atomic mass is 10.1. The number of anilines is 1. The molecule has 2 amide bonds. The van der Waals surface area contributed by atoms with Crippen molar-refractivity contribution in [2.45, 2.75) is 52.6 Å². The van der Waals surface area contributed by atoms with Crippen LogP contribution in [0, 0.1) is 5.82 Å². The Balaban J connectivity index is 2.43. The number of Topliss-reactive ketones (excluding diaryl/α,β-unsaturated/α-hetero) is 1. The van der Waals surface area contributed by atoms with Crippen molar-refractivity contribution >= 4 is 33.3 Å². The van der Waals surface area contributed by atoms with E-state index in [1.165, 1.54) is 48.2 Å². The molecule has 0 spiro atoms. The van der Waals surface area contributed by atoms with Gasteiger partial charge in [0.05, 0.1) is 11.9 Å². The largest absolute Gasteiger partial charge is 0.354 e. The van der Waals surface area contributed by atoms with Crippen LogP contribution in [0.4, 0.5) is 10.1 Å². The van der Waals surface area contributed by atoms with Crippen LogP contribution in [0.2, 0.25) is 0 Å². The van der Waals surface area contributed by atoms with Crippen molar-refractivity contribution in [3.05, 3.63) is 65.5 Å². The quantitative estimate of drug-likeness (QED) is 0.322. The minimum absolute atomic E-state index is 0.0100. The predicted octanol–water partition coefficient (Wildman–Crippen LogP) is 3.52. The first-order valence-electron chi connectivity index (χ1n) is 11.9. The van der Waals surface area contributed by atoms with E-state index in [0.29, 0.717) is 24.1 Å². The SMILES string of the molecule is CCCCNC(=O)[C@H](CC)N(Cc1ccc(F)cc1)C(=O)CN(c1cccc(C(C)=O)c1)S(C)(=O)=O. The Morgan fingerprint density at radius 2 is 1.72 bits per heavy atom. The van der Waals surface area contributed by atoms with Gasteiger partial charge in [-0.15, -0.1) is 0 Å². The predicted molar refractivity (Wildman–Crippen MR) is 138 cm³/mol. The summed E-state index contributed by atoms with van der Waals surface area (Å²) in [6.07, 6.45) is 2.93. The topological polar surface area (TPSA) is 104 Å². The lowest BCUT2D eigenvalue weighted by Crippen LogP contribution is -2.52. The van der Waals surface area contributed by atoms with E-state index in [1.807, 2.05) is 6.92 Å². The van der Waals surface area contributed by atoms with Crippen molar-refractivity contribution in [3.8, 4) is 0 Å². The Morgan fingerprint density at radius 1 is 1.06 bits per heavy atom. The monoisotopic (exact) mass is 519 g/mol. The third-order valence-corrected chi connectivity index (χ3v) is 6.84. The summed E-state index contributed by atoms with van der Waals surface area (Å²) in [5.41, 5.74) is 1.06. The lowest BCUT2D eigenvalue weighted by molar-refractivity contribution is -0.140. The molecular weight excluding hydrogens is 485 g/mol. The number of rotatable bonds is 13. The van der Waals surface area contributed by atoms with Crippen LogP contribution in [0.15, 0.2) is 48.5 Å². The standard InChI is InChI=1S/C26H34FN3O5S/c1-5-7-15-28-26(33)24(6-2)29(17-20-11-13-22(27)14-12-20)25(32)18-30(36(4,34)35)23-10-8-9-21(16-23)19(3)31/h8-14,16,24H,5-7,15,17-18H2,1-4H3,(H,28,33)/t24-/m0/s1. The Labute approximate surface area is 212 Å². The fourth-order valence-corrected chi connectivity index (χ4v) is 4.55. The average molecular weight is 520 g/mol. The van der Waals surface area contributed by atoms with Crippen molar-refractivity contribution in [3.63, 3.8) is 0 Å². The molecule has 0 heterocycles. The van der Waals surface area contributed by atoms with Crippen LogP contribution in [0.5, 0.6) is 0 Å². The molecule has 1 atom stereocenters. The van der Waals surface area contributed by atoms with Gasteiger partial charge in [-0.2, -0.15) is 0 Å². The maximum Gasteiger partial charge on any atom is 0.244 e. The summed E-state index contributed by atoms with van der Waals surface area (Å²) >= 11 is 0. The molecule has 0 aliphatic rings. The first-order valence-corrected chi connectivity index (χ1v) is 13.7. The third kappa shape index (κ3) is 8.15. The lowest BCUT2D eigenvalue weighted by Gasteiger charge is -2.33. The second-order valence-corrected chi connectivity index (χ2v) is 10.5. The maximum atomic E-state index is 13.6. The minimum Gasteiger partial charge on any atom is -0.354 e. The van der Waals surface area contributed by atoms with Crippen LogP contribution in [-0.4, -0.2) is 56.3 Å². The fraction of sp³-hybridized carbons (Fsp3) is 0.423. The van der Waals surface area contributed by atoms with Crippen LogP contribution in [0.3, 0.4) is 0 Å². The summed E-state index contributed by atoms with van der Waals surface area (Å²) in [4.78, 5) is 39.7. The van der Waals surface area contributed by atoms with Gasteiger partial charge in [0.15, 0.2) is 5.78 Å². The number of ketones is 1. The van der Waals surface area contributed by atoms with E-state index < -0.39 is 34.3 Å². The zero-order valence-electron chi connectivity index (χ0n) is 21.2. The summed E-state index contributed by atoms with van der Waals surface area (Å²) in [7, 11) is -3.91. The van der Waals surface area contributed by atoms with E-state index in [4.69, 9.17) is 0 Å². The van der Waals surface area contributed by atoms with Gasteiger partial charge in [-0.1, -0.05) is 44.5 Å². The minimum atomic E-state index is -3.91. The molecule has 2 rings (SSSR count). The highest BCUT2D eigenvalue weighted by Gasteiger charge is 2.31. The first-order chi connectivity index (χ1) is 17.0. The molecule has 0 saturated carbocycles. The highest BCUT2D eigenvalue weighted by molar-refractivity contribution is 7.92. The number of hydrogen-bond acceptors (Lipinski definition) is 5. The van der Waals surface area contributed by atoms with Gasteiger partial charge in [0.2, 0.25) is 21.8 Å². The molecule has 0 saturated heterocycles. The Bertz CT molecular complexity index is 1170. The van der Waals surface area contributed by atoms with E-state index >= 15 is 0 Å². The second kappa shape index (κ2) is 13.2. The number of amides is 2. The van der Waals surface area contributed by atoms with Gasteiger partial charge in [0.25, 0.3) is 0 Å². The smallest absolute Gasteiger partial charge is 0.244 e. The number of nitrogens with zero attached hydrogens (tertiary/aromatic N) is 2. The van der Waals surface area contributed by atoms with Gasteiger partial charge < -0.3 is 10.2 Å². The number of halogens is 1. The van der Waals surface area contributed by atoms with Gasteiger partial charge in [-0.3, -0.25) is 18.7 Å². The van der Waals surface area contributed by atoms with E-state index in [0.717, 1.165) is 23.4 Å². The molecule has 0 fully saturated rings. The third-order valence-electron chi connectivity index (χ3n) is 5.70. The van der Waals surface area contributed by atoms with E-state index in [1.54, 1.807) is 19.1 Å². The fourth-order valence-electron chi connectivity index (χ4n) is 3.71. The van der Waals surface area contributed by atoms with Crippen LogP contribution in [0.1, 0.15) is 56.0 Å². The van der Waals surface area contributed by atoms with Crippen molar-refractivity contribution in [1.29, 1.82) is 0 Å². The summed E-state index contributed by atoms with van der Waals surface area (Å²) in [5, 5.41) is 2.84. The molecule has 2 aromatic carbocycles. The molecule has 36 heavy (non-hydrogen) atoms. The zero-order chi connectivity index (χ0) is 26.9. The number of unbranched alkanes of at least 4 members (excludes halogenated alkanes) is 1. The Kier molecular flexibility index (Phi) is 10.6. The molecule has 0 radical (unpaired) electrons. The summed E-state index contributed by atoms with van der Waals surface area (Å²) in [6.45, 7) is 5.00. The molecule has 10 heteroatoms. The van der Waals surface area contributed by atoms with Crippen LogP contribution in [0.25, 0.3) is 0 Å². The Morgan fingerprint density at radius 3 is 2.28 bits per heavy atom. The molecule has 0 aliphatic heterocycles. The molecule has 0 bridgehead atoms. The number of sulfonamides is 1. The average Bonchev–Trinajstić information content (AvgIpc) is 2.83. The van der Waals surface area contributed by atoms with Gasteiger partial charge in [-0.05, 0) is 49.6 Å². The van der Waals surface area contributed by atoms with E-state index in [-0.39, 0.29) is 23.9 Å². The van der Waals surface area contributed by atoms with Crippen molar-refractivity contribution in [2.75, 3.05) is 23.7 Å². The summed E-state index contributed by atoms with van der Waals surface area (Å²) in [5.74, 6) is -1.62. The van der Waals surface area contributed by atoms with Crippen LogP contribution >= 0.6 is 0 Å². The van der Waals surface area contributed by atoms with E-state index in [9.17, 15) is 27.2 Å². The first kappa shape index (κ1) is 29.0. The molecule has 0 unspecified atom stereocenters. The normalized spacial score (nSPS) is 12.0. The molecule has 0 aromatic heterocycles. The van der Waals surface area contributed by atoms with Crippen molar-refractivity contribution < 1.29 is 27.2 Å². The molecule has 1 N–H and O–H groups in total. The maximum absolute atomic E-state index is 13.6. The van der Waals surface area contributed by atoms with Crippen molar-refractivity contribution in [2.24, 2.45) is 0 Å². The van der Waals surface area contributed by atoms with Gasteiger partial charge >= 0.3 is 0 Å².